The summed E-state index contributed by atoms with van der Waals surface area (Å²) in [6.45, 7) is 4.60. The number of rotatable bonds is 8. The second-order valence-corrected chi connectivity index (χ2v) is 6.32. The van der Waals surface area contributed by atoms with Crippen molar-refractivity contribution in [1.82, 2.24) is 5.32 Å². The number of methoxy groups -OCH3 is 1. The van der Waals surface area contributed by atoms with E-state index in [2.05, 4.69) is 10.6 Å². The zero-order chi connectivity index (χ0) is 19.0. The van der Waals surface area contributed by atoms with Crippen LogP contribution in [-0.2, 0) is 14.3 Å². The second kappa shape index (κ2) is 9.24. The number of benzene rings is 1. The van der Waals surface area contributed by atoms with Crippen LogP contribution in [0.5, 0.6) is 5.75 Å². The number of urea groups is 1. The minimum Gasteiger partial charge on any atom is -0.480 e. The third kappa shape index (κ3) is 5.77. The Kier molecular flexibility index (Phi) is 7.03. The van der Waals surface area contributed by atoms with Crippen molar-refractivity contribution in [3.05, 3.63) is 29.8 Å². The number of unbranched alkanes of at least 4 members (excludes halogenated alkanes) is 1. The molecule has 0 saturated heterocycles. The van der Waals surface area contributed by atoms with E-state index in [0.717, 1.165) is 24.2 Å². The summed E-state index contributed by atoms with van der Waals surface area (Å²) in [5.41, 5.74) is 0.950. The van der Waals surface area contributed by atoms with Crippen LogP contribution in [0, 0.1) is 0 Å². The Bertz CT molecular complexity index is 674. The molecule has 1 aliphatic heterocycles. The van der Waals surface area contributed by atoms with Crippen LogP contribution in [0.4, 0.5) is 10.5 Å². The topological polar surface area (TPSA) is 85.9 Å². The number of amides is 2. The lowest BCUT2D eigenvalue weighted by molar-refractivity contribution is -0.142. The molecule has 1 aromatic carbocycles. The Hall–Kier alpha value is -2.54. The zero-order valence-electron chi connectivity index (χ0n) is 15.5. The van der Waals surface area contributed by atoms with Crippen molar-refractivity contribution in [3.63, 3.8) is 0 Å². The Balaban J connectivity index is 1.86. The third-order valence-electron chi connectivity index (χ3n) is 3.81. The van der Waals surface area contributed by atoms with Gasteiger partial charge in [-0.1, -0.05) is 19.4 Å². The molecule has 1 atom stereocenters. The average molecular weight is 362 g/mol. The smallest absolute Gasteiger partial charge is 0.325 e. The van der Waals surface area contributed by atoms with E-state index in [-0.39, 0.29) is 6.54 Å². The predicted molar refractivity (Wildman–Crippen MR) is 99.3 cm³/mol. The van der Waals surface area contributed by atoms with Gasteiger partial charge in [-0.25, -0.2) is 4.79 Å². The van der Waals surface area contributed by atoms with Crippen molar-refractivity contribution in [2.45, 2.75) is 32.3 Å². The van der Waals surface area contributed by atoms with E-state index < -0.39 is 17.6 Å². The number of nitrogens with one attached hydrogen (secondary N) is 2. The first kappa shape index (κ1) is 19.8. The molecule has 1 aromatic rings. The normalized spacial score (nSPS) is 17.8. The first-order valence-corrected chi connectivity index (χ1v) is 8.67. The summed E-state index contributed by atoms with van der Waals surface area (Å²) in [7, 11) is 1.63. The largest absolute Gasteiger partial charge is 0.480 e. The van der Waals surface area contributed by atoms with E-state index in [1.807, 2.05) is 26.0 Å². The highest BCUT2D eigenvalue weighted by molar-refractivity contribution is 5.92. The van der Waals surface area contributed by atoms with Gasteiger partial charge in [0.2, 0.25) is 0 Å². The fourth-order valence-corrected chi connectivity index (χ4v) is 2.47. The van der Waals surface area contributed by atoms with Gasteiger partial charge in [-0.3, -0.25) is 4.79 Å². The number of ether oxygens (including phenoxy) is 3. The highest BCUT2D eigenvalue weighted by atomic mass is 16.5. The lowest BCUT2D eigenvalue weighted by Gasteiger charge is -2.31. The molecule has 7 heteroatoms. The number of carbonyl (C=O) groups excluding carboxylic acids is 2. The molecule has 1 unspecified atom stereocenters. The molecule has 2 amide bonds. The Morgan fingerprint density at radius 3 is 2.85 bits per heavy atom. The second-order valence-electron chi connectivity index (χ2n) is 6.32. The Labute approximate surface area is 153 Å². The van der Waals surface area contributed by atoms with Crippen LogP contribution in [-0.4, -0.2) is 44.5 Å². The SMILES string of the molecule is CCCCOC(=O)CNC(=O)Nc1ccc2c(c1)C=CC(C)(COC)O2. The summed E-state index contributed by atoms with van der Waals surface area (Å²) < 4.78 is 16.1. The fraction of sp³-hybridized carbons (Fsp3) is 0.474. The number of hydrogen-bond donors (Lipinski definition) is 2. The number of esters is 1. The molecule has 2 N–H and O–H groups in total. The molecule has 0 aromatic heterocycles. The van der Waals surface area contributed by atoms with Gasteiger partial charge in [0.25, 0.3) is 0 Å². The molecule has 2 rings (SSSR count). The highest BCUT2D eigenvalue weighted by Gasteiger charge is 2.27. The quantitative estimate of drug-likeness (QED) is 0.548. The van der Waals surface area contributed by atoms with Gasteiger partial charge in [-0.15, -0.1) is 0 Å². The third-order valence-corrected chi connectivity index (χ3v) is 3.81. The molecule has 142 valence electrons. The lowest BCUT2D eigenvalue weighted by atomic mass is 10.0. The Morgan fingerprint density at radius 1 is 1.31 bits per heavy atom. The van der Waals surface area contributed by atoms with E-state index >= 15 is 0 Å². The van der Waals surface area contributed by atoms with E-state index in [1.54, 1.807) is 25.3 Å². The fourth-order valence-electron chi connectivity index (χ4n) is 2.47. The maximum Gasteiger partial charge on any atom is 0.325 e. The van der Waals surface area contributed by atoms with Gasteiger partial charge in [-0.05, 0) is 37.6 Å². The van der Waals surface area contributed by atoms with Gasteiger partial charge in [0.1, 0.15) is 17.9 Å². The minimum absolute atomic E-state index is 0.168. The summed E-state index contributed by atoms with van der Waals surface area (Å²) in [5.74, 6) is 0.269. The summed E-state index contributed by atoms with van der Waals surface area (Å²) in [6.07, 6.45) is 5.62. The van der Waals surface area contributed by atoms with Crippen LogP contribution in [0.2, 0.25) is 0 Å². The molecule has 26 heavy (non-hydrogen) atoms. The Morgan fingerprint density at radius 2 is 2.12 bits per heavy atom. The molecule has 0 fully saturated rings. The average Bonchev–Trinajstić information content (AvgIpc) is 2.60. The van der Waals surface area contributed by atoms with Crippen molar-refractivity contribution in [2.75, 3.05) is 32.2 Å². The van der Waals surface area contributed by atoms with Gasteiger partial charge in [0.05, 0.1) is 13.2 Å². The number of carbonyl (C=O) groups is 2. The minimum atomic E-state index is -0.508. The van der Waals surface area contributed by atoms with E-state index in [9.17, 15) is 9.59 Å². The van der Waals surface area contributed by atoms with Crippen LogP contribution in [0.3, 0.4) is 0 Å². The van der Waals surface area contributed by atoms with Gasteiger partial charge >= 0.3 is 12.0 Å². The van der Waals surface area contributed by atoms with Gasteiger partial charge in [0.15, 0.2) is 0 Å². The van der Waals surface area contributed by atoms with Crippen LogP contribution in [0.25, 0.3) is 6.08 Å². The molecule has 0 aliphatic carbocycles. The van der Waals surface area contributed by atoms with E-state index in [4.69, 9.17) is 14.2 Å². The van der Waals surface area contributed by atoms with Gasteiger partial charge < -0.3 is 24.8 Å². The van der Waals surface area contributed by atoms with Crippen molar-refractivity contribution >= 4 is 23.8 Å². The van der Waals surface area contributed by atoms with E-state index in [0.29, 0.717) is 18.9 Å². The van der Waals surface area contributed by atoms with Crippen molar-refractivity contribution in [3.8, 4) is 5.75 Å². The zero-order valence-corrected chi connectivity index (χ0v) is 15.5. The first-order chi connectivity index (χ1) is 12.5. The van der Waals surface area contributed by atoms with Crippen molar-refractivity contribution in [1.29, 1.82) is 0 Å². The molecule has 0 spiro atoms. The number of fused-ring (bicyclic) bond motifs is 1. The molecule has 0 bridgehead atoms. The number of hydrogen-bond acceptors (Lipinski definition) is 5. The maximum absolute atomic E-state index is 11.9. The standard InChI is InChI=1S/C19H26N2O5/c1-4-5-10-25-17(22)12-20-18(23)21-15-6-7-16-14(11-15)8-9-19(2,26-16)13-24-3/h6-9,11H,4-5,10,12-13H2,1-3H3,(H2,20,21,23). The highest BCUT2D eigenvalue weighted by Crippen LogP contribution is 2.32. The molecular weight excluding hydrogens is 336 g/mol. The van der Waals surface area contributed by atoms with E-state index in [1.165, 1.54) is 0 Å². The molecule has 0 radical (unpaired) electrons. The lowest BCUT2D eigenvalue weighted by Crippen LogP contribution is -2.36. The summed E-state index contributed by atoms with van der Waals surface area (Å²) in [6, 6.07) is 4.87. The molecule has 0 saturated carbocycles. The van der Waals surface area contributed by atoms with Crippen LogP contribution in [0.15, 0.2) is 24.3 Å². The van der Waals surface area contributed by atoms with Gasteiger partial charge in [-0.2, -0.15) is 0 Å². The summed E-state index contributed by atoms with van der Waals surface area (Å²) in [4.78, 5) is 23.4. The monoisotopic (exact) mass is 362 g/mol. The molecule has 1 heterocycles. The van der Waals surface area contributed by atoms with Crippen molar-refractivity contribution in [2.24, 2.45) is 0 Å². The summed E-state index contributed by atoms with van der Waals surface area (Å²) in [5, 5.41) is 5.17. The van der Waals surface area contributed by atoms with Crippen molar-refractivity contribution < 1.29 is 23.8 Å². The van der Waals surface area contributed by atoms with Crippen LogP contribution < -0.4 is 15.4 Å². The maximum atomic E-state index is 11.9. The van der Waals surface area contributed by atoms with Gasteiger partial charge in [0, 0.05) is 18.4 Å². The molecular formula is C19H26N2O5. The van der Waals surface area contributed by atoms with Crippen LogP contribution in [0.1, 0.15) is 32.3 Å². The van der Waals surface area contributed by atoms with Crippen LogP contribution >= 0.6 is 0 Å². The number of anilines is 1. The predicted octanol–water partition coefficient (Wildman–Crippen LogP) is 2.96. The molecule has 7 nitrogen and oxygen atoms in total. The first-order valence-electron chi connectivity index (χ1n) is 8.67. The summed E-state index contributed by atoms with van der Waals surface area (Å²) >= 11 is 0. The molecule has 1 aliphatic rings.